The number of aromatic amines is 1. The van der Waals surface area contributed by atoms with E-state index in [4.69, 9.17) is 9.47 Å². The number of morpholine rings is 1. The van der Waals surface area contributed by atoms with Crippen molar-refractivity contribution in [3.63, 3.8) is 0 Å². The molecule has 2 aliphatic rings. The molecule has 5 nitrogen and oxygen atoms in total. The van der Waals surface area contributed by atoms with Gasteiger partial charge in [0, 0.05) is 11.3 Å². The standard InChI is InChI=1S/C22H25N3O2S/c23-16-20-18-8-4-5-9-19(18)21(25-10-12-26-13-11-25)24-22(20)28-15-14-27-17-6-2-1-3-7-17/h1-3,6-7H,4-5,8-15H2/p+1. The Morgan fingerprint density at radius 2 is 1.86 bits per heavy atom. The summed E-state index contributed by atoms with van der Waals surface area (Å²) in [4.78, 5) is 6.00. The largest absolute Gasteiger partial charge is 0.493 e. The molecule has 0 atom stereocenters. The van der Waals surface area contributed by atoms with E-state index in [1.165, 1.54) is 23.4 Å². The summed E-state index contributed by atoms with van der Waals surface area (Å²) in [5, 5.41) is 10.8. The fourth-order valence-electron chi connectivity index (χ4n) is 3.93. The fraction of sp³-hybridized carbons (Fsp3) is 0.455. The molecule has 0 radical (unpaired) electrons. The van der Waals surface area contributed by atoms with Gasteiger partial charge in [0.25, 0.3) is 5.82 Å². The first kappa shape index (κ1) is 19.1. The summed E-state index contributed by atoms with van der Waals surface area (Å²) < 4.78 is 11.3. The molecule has 28 heavy (non-hydrogen) atoms. The Bertz CT molecular complexity index is 845. The van der Waals surface area contributed by atoms with Crippen molar-refractivity contribution in [1.29, 1.82) is 5.26 Å². The van der Waals surface area contributed by atoms with Crippen LogP contribution in [0.2, 0.25) is 0 Å². The minimum atomic E-state index is 0.608. The van der Waals surface area contributed by atoms with Crippen molar-refractivity contribution in [3.8, 4) is 11.8 Å². The van der Waals surface area contributed by atoms with Gasteiger partial charge < -0.3 is 9.47 Å². The van der Waals surface area contributed by atoms with Crippen LogP contribution in [0.4, 0.5) is 5.82 Å². The maximum Gasteiger partial charge on any atom is 0.278 e. The van der Waals surface area contributed by atoms with Gasteiger partial charge in [-0.05, 0) is 43.4 Å². The van der Waals surface area contributed by atoms with Gasteiger partial charge in [0.1, 0.15) is 30.5 Å². The number of aromatic nitrogens is 1. The molecule has 2 heterocycles. The summed E-state index contributed by atoms with van der Waals surface area (Å²) in [6, 6.07) is 12.3. The van der Waals surface area contributed by atoms with E-state index in [1.807, 2.05) is 30.3 Å². The number of nitrogens with zero attached hydrogens (tertiary/aromatic N) is 2. The third-order valence-electron chi connectivity index (χ3n) is 5.30. The molecule has 1 N–H and O–H groups in total. The molecule has 0 spiro atoms. The van der Waals surface area contributed by atoms with Crippen molar-refractivity contribution < 1.29 is 14.5 Å². The summed E-state index contributed by atoms with van der Waals surface area (Å²) in [7, 11) is 0. The van der Waals surface area contributed by atoms with Gasteiger partial charge in [-0.1, -0.05) is 30.0 Å². The lowest BCUT2D eigenvalue weighted by Gasteiger charge is -2.26. The van der Waals surface area contributed by atoms with Crippen molar-refractivity contribution in [2.24, 2.45) is 0 Å². The van der Waals surface area contributed by atoms with Crippen LogP contribution in [-0.4, -0.2) is 38.7 Å². The zero-order valence-electron chi connectivity index (χ0n) is 16.1. The first-order chi connectivity index (χ1) is 13.9. The van der Waals surface area contributed by atoms with Gasteiger partial charge >= 0.3 is 0 Å². The number of rotatable bonds is 6. The van der Waals surface area contributed by atoms with E-state index in [-0.39, 0.29) is 0 Å². The van der Waals surface area contributed by atoms with Crippen LogP contribution in [0.1, 0.15) is 29.5 Å². The number of nitriles is 1. The van der Waals surface area contributed by atoms with Crippen LogP contribution >= 0.6 is 11.8 Å². The molecule has 1 aromatic carbocycles. The summed E-state index contributed by atoms with van der Waals surface area (Å²) in [6.45, 7) is 3.93. The molecule has 1 saturated heterocycles. The molecular weight excluding hydrogens is 370 g/mol. The average Bonchev–Trinajstić information content (AvgIpc) is 2.77. The van der Waals surface area contributed by atoms with Gasteiger partial charge in [0.05, 0.1) is 19.8 Å². The maximum absolute atomic E-state index is 9.86. The Morgan fingerprint density at radius 3 is 2.61 bits per heavy atom. The zero-order chi connectivity index (χ0) is 19.2. The monoisotopic (exact) mass is 396 g/mol. The van der Waals surface area contributed by atoms with E-state index in [1.54, 1.807) is 11.8 Å². The Morgan fingerprint density at radius 1 is 1.11 bits per heavy atom. The van der Waals surface area contributed by atoms with Gasteiger partial charge in [-0.3, -0.25) is 4.90 Å². The van der Waals surface area contributed by atoms with Crippen molar-refractivity contribution in [3.05, 3.63) is 47.0 Å². The van der Waals surface area contributed by atoms with Gasteiger partial charge in [-0.2, -0.15) is 5.26 Å². The number of benzene rings is 1. The highest BCUT2D eigenvalue weighted by molar-refractivity contribution is 7.99. The smallest absolute Gasteiger partial charge is 0.278 e. The molecule has 1 aliphatic carbocycles. The summed E-state index contributed by atoms with van der Waals surface area (Å²) in [5.41, 5.74) is 3.42. The number of hydrogen-bond donors (Lipinski definition) is 0. The first-order valence-corrected chi connectivity index (χ1v) is 11.0. The summed E-state index contributed by atoms with van der Waals surface area (Å²) in [6.07, 6.45) is 4.41. The van der Waals surface area contributed by atoms with Crippen molar-refractivity contribution in [2.45, 2.75) is 30.7 Å². The lowest BCUT2D eigenvalue weighted by atomic mass is 9.89. The van der Waals surface area contributed by atoms with Crippen LogP contribution in [-0.2, 0) is 17.6 Å². The molecule has 0 amide bonds. The minimum Gasteiger partial charge on any atom is -0.493 e. The lowest BCUT2D eigenvalue weighted by molar-refractivity contribution is -0.414. The number of para-hydroxylation sites is 1. The number of H-pyrrole nitrogens is 1. The van der Waals surface area contributed by atoms with Crippen molar-refractivity contribution in [1.82, 2.24) is 0 Å². The molecule has 2 aromatic rings. The Kier molecular flexibility index (Phi) is 6.35. The third kappa shape index (κ3) is 4.26. The average molecular weight is 397 g/mol. The molecule has 1 aromatic heterocycles. The molecule has 0 bridgehead atoms. The van der Waals surface area contributed by atoms with E-state index >= 15 is 0 Å². The topological polar surface area (TPSA) is 59.6 Å². The number of fused-ring (bicyclic) bond motifs is 1. The van der Waals surface area contributed by atoms with Crippen LogP contribution in [0, 0.1) is 11.3 Å². The van der Waals surface area contributed by atoms with Gasteiger partial charge in [-0.25, -0.2) is 4.98 Å². The predicted octanol–water partition coefficient (Wildman–Crippen LogP) is 3.26. The molecule has 4 rings (SSSR count). The van der Waals surface area contributed by atoms with Crippen LogP contribution < -0.4 is 14.6 Å². The highest BCUT2D eigenvalue weighted by Crippen LogP contribution is 2.33. The minimum absolute atomic E-state index is 0.608. The van der Waals surface area contributed by atoms with Crippen LogP contribution in [0.15, 0.2) is 35.4 Å². The molecule has 1 fully saturated rings. The maximum atomic E-state index is 9.86. The number of hydrogen-bond acceptors (Lipinski definition) is 5. The van der Waals surface area contributed by atoms with E-state index in [9.17, 15) is 5.26 Å². The number of thioether (sulfide) groups is 1. The lowest BCUT2D eigenvalue weighted by Crippen LogP contribution is -2.41. The molecular formula is C22H26N3O2S+. The van der Waals surface area contributed by atoms with Crippen molar-refractivity contribution in [2.75, 3.05) is 43.6 Å². The van der Waals surface area contributed by atoms with E-state index in [2.05, 4.69) is 16.0 Å². The second-order valence-corrected chi connectivity index (χ2v) is 8.17. The van der Waals surface area contributed by atoms with E-state index in [0.29, 0.717) is 6.61 Å². The van der Waals surface area contributed by atoms with E-state index < -0.39 is 0 Å². The Hall–Kier alpha value is -2.23. The highest BCUT2D eigenvalue weighted by atomic mass is 32.2. The van der Waals surface area contributed by atoms with Crippen molar-refractivity contribution >= 4 is 17.6 Å². The Labute approximate surface area is 170 Å². The molecule has 1 aliphatic heterocycles. The van der Waals surface area contributed by atoms with Gasteiger partial charge in [-0.15, -0.1) is 0 Å². The Balaban J connectivity index is 1.54. The second-order valence-electron chi connectivity index (χ2n) is 7.06. The second kappa shape index (κ2) is 9.31. The molecule has 0 unspecified atom stereocenters. The number of nitrogens with one attached hydrogen (secondary N) is 1. The van der Waals surface area contributed by atoms with Crippen LogP contribution in [0.25, 0.3) is 0 Å². The van der Waals surface area contributed by atoms with E-state index in [0.717, 1.165) is 67.7 Å². The fourth-order valence-corrected chi connectivity index (χ4v) is 4.78. The SMILES string of the molecule is N#Cc1c(SCCOc2ccccc2)[nH+]c(N2CCOCC2)c2c1CCCC2. The van der Waals surface area contributed by atoms with Gasteiger partial charge in [0.15, 0.2) is 5.03 Å². The first-order valence-electron chi connectivity index (χ1n) is 10.0. The van der Waals surface area contributed by atoms with Crippen LogP contribution in [0.3, 0.4) is 0 Å². The molecule has 146 valence electrons. The summed E-state index contributed by atoms with van der Waals surface area (Å²) >= 11 is 1.68. The molecule has 6 heteroatoms. The molecule has 0 saturated carbocycles. The summed E-state index contributed by atoms with van der Waals surface area (Å²) in [5.74, 6) is 2.87. The zero-order valence-corrected chi connectivity index (χ0v) is 16.9. The third-order valence-corrected chi connectivity index (χ3v) is 6.26. The highest BCUT2D eigenvalue weighted by Gasteiger charge is 2.30. The van der Waals surface area contributed by atoms with Gasteiger partial charge in [0.2, 0.25) is 0 Å². The predicted molar refractivity (Wildman–Crippen MR) is 110 cm³/mol. The number of ether oxygens (including phenoxy) is 2. The number of pyridine rings is 1. The number of anilines is 1. The van der Waals surface area contributed by atoms with Crippen LogP contribution in [0.5, 0.6) is 5.75 Å². The quantitative estimate of drug-likeness (QED) is 0.554. The normalized spacial score (nSPS) is 16.3.